The number of imidazole rings is 1. The first-order chi connectivity index (χ1) is 9.65. The van der Waals surface area contributed by atoms with Gasteiger partial charge in [-0.3, -0.25) is 0 Å². The molecule has 6 nitrogen and oxygen atoms in total. The third-order valence-electron chi connectivity index (χ3n) is 2.89. The number of nitrogens with two attached hydrogens (primary N) is 1. The Morgan fingerprint density at radius 2 is 2.35 bits per heavy atom. The second kappa shape index (κ2) is 6.72. The SMILES string of the molecule is CC(N)c1cccc(NC(=O)NCCn2ccnc2)c1. The molecule has 0 aliphatic heterocycles. The molecule has 0 saturated carbocycles. The monoisotopic (exact) mass is 273 g/mol. The van der Waals surface area contributed by atoms with Crippen LogP contribution < -0.4 is 16.4 Å². The van der Waals surface area contributed by atoms with Gasteiger partial charge in [-0.2, -0.15) is 0 Å². The van der Waals surface area contributed by atoms with Gasteiger partial charge in [-0.15, -0.1) is 0 Å². The minimum atomic E-state index is -0.230. The number of carbonyl (C=O) groups is 1. The normalized spacial score (nSPS) is 11.9. The van der Waals surface area contributed by atoms with Crippen LogP contribution in [0.4, 0.5) is 10.5 Å². The Morgan fingerprint density at radius 1 is 1.50 bits per heavy atom. The molecule has 1 aromatic heterocycles. The number of benzene rings is 1. The lowest BCUT2D eigenvalue weighted by Gasteiger charge is -2.10. The molecule has 0 spiro atoms. The van der Waals surface area contributed by atoms with Crippen molar-refractivity contribution in [2.24, 2.45) is 5.73 Å². The quantitative estimate of drug-likeness (QED) is 0.775. The third-order valence-corrected chi connectivity index (χ3v) is 2.89. The number of rotatable bonds is 5. The van der Waals surface area contributed by atoms with Gasteiger partial charge in [0, 0.05) is 37.2 Å². The number of urea groups is 1. The number of hydrogen-bond donors (Lipinski definition) is 3. The smallest absolute Gasteiger partial charge is 0.319 e. The van der Waals surface area contributed by atoms with Crippen molar-refractivity contribution in [2.45, 2.75) is 19.5 Å². The highest BCUT2D eigenvalue weighted by atomic mass is 16.2. The lowest BCUT2D eigenvalue weighted by molar-refractivity contribution is 0.251. The molecule has 0 aliphatic rings. The third kappa shape index (κ3) is 4.10. The largest absolute Gasteiger partial charge is 0.336 e. The molecule has 6 heteroatoms. The van der Waals surface area contributed by atoms with Crippen LogP contribution in [0.25, 0.3) is 0 Å². The maximum Gasteiger partial charge on any atom is 0.319 e. The Morgan fingerprint density at radius 3 is 3.05 bits per heavy atom. The summed E-state index contributed by atoms with van der Waals surface area (Å²) in [5, 5.41) is 5.58. The van der Waals surface area contributed by atoms with Gasteiger partial charge < -0.3 is 20.9 Å². The first-order valence-corrected chi connectivity index (χ1v) is 6.51. The number of hydrogen-bond acceptors (Lipinski definition) is 3. The zero-order valence-electron chi connectivity index (χ0n) is 11.4. The predicted molar refractivity (Wildman–Crippen MR) is 78.3 cm³/mol. The summed E-state index contributed by atoms with van der Waals surface area (Å²) in [4.78, 5) is 15.7. The summed E-state index contributed by atoms with van der Waals surface area (Å²) in [6.07, 6.45) is 5.27. The minimum absolute atomic E-state index is 0.0546. The standard InChI is InChI=1S/C14H19N5O/c1-11(15)12-3-2-4-13(9-12)18-14(20)17-6-8-19-7-5-16-10-19/h2-5,7,9-11H,6,8,15H2,1H3,(H2,17,18,20). The zero-order chi connectivity index (χ0) is 14.4. The molecule has 0 fully saturated rings. The van der Waals surface area contributed by atoms with Crippen LogP contribution in [0.15, 0.2) is 43.0 Å². The Balaban J connectivity index is 1.80. The van der Waals surface area contributed by atoms with Crippen molar-refractivity contribution < 1.29 is 4.79 Å². The number of carbonyl (C=O) groups excluding carboxylic acids is 1. The van der Waals surface area contributed by atoms with E-state index in [1.807, 2.05) is 42.0 Å². The van der Waals surface area contributed by atoms with Gasteiger partial charge in [-0.1, -0.05) is 12.1 Å². The van der Waals surface area contributed by atoms with E-state index in [4.69, 9.17) is 5.73 Å². The summed E-state index contributed by atoms with van der Waals surface area (Å²) in [5.41, 5.74) is 7.53. The van der Waals surface area contributed by atoms with Crippen molar-refractivity contribution in [1.29, 1.82) is 0 Å². The van der Waals surface area contributed by atoms with Crippen LogP contribution in [0, 0.1) is 0 Å². The number of anilines is 1. The highest BCUT2D eigenvalue weighted by Gasteiger charge is 2.04. The van der Waals surface area contributed by atoms with Crippen LogP contribution in [-0.4, -0.2) is 22.1 Å². The lowest BCUT2D eigenvalue weighted by atomic mass is 10.1. The molecule has 1 atom stereocenters. The van der Waals surface area contributed by atoms with E-state index in [0.29, 0.717) is 13.1 Å². The molecular weight excluding hydrogens is 254 g/mol. The molecule has 1 unspecified atom stereocenters. The average Bonchev–Trinajstić information content (AvgIpc) is 2.92. The van der Waals surface area contributed by atoms with E-state index in [1.54, 1.807) is 12.5 Å². The molecule has 20 heavy (non-hydrogen) atoms. The highest BCUT2D eigenvalue weighted by molar-refractivity contribution is 5.89. The van der Waals surface area contributed by atoms with E-state index in [2.05, 4.69) is 15.6 Å². The van der Waals surface area contributed by atoms with Crippen LogP contribution in [-0.2, 0) is 6.54 Å². The van der Waals surface area contributed by atoms with E-state index in [0.717, 1.165) is 11.3 Å². The van der Waals surface area contributed by atoms with Gasteiger partial charge in [0.15, 0.2) is 0 Å². The number of nitrogens with one attached hydrogen (secondary N) is 2. The van der Waals surface area contributed by atoms with Crippen molar-refractivity contribution >= 4 is 11.7 Å². The summed E-state index contributed by atoms with van der Waals surface area (Å²) in [6.45, 7) is 3.13. The van der Waals surface area contributed by atoms with Crippen molar-refractivity contribution in [1.82, 2.24) is 14.9 Å². The van der Waals surface area contributed by atoms with Crippen LogP contribution >= 0.6 is 0 Å². The van der Waals surface area contributed by atoms with E-state index in [9.17, 15) is 4.79 Å². The maximum atomic E-state index is 11.7. The molecule has 0 saturated heterocycles. The first kappa shape index (κ1) is 14.1. The van der Waals surface area contributed by atoms with Crippen molar-refractivity contribution in [2.75, 3.05) is 11.9 Å². The van der Waals surface area contributed by atoms with E-state index in [-0.39, 0.29) is 12.1 Å². The highest BCUT2D eigenvalue weighted by Crippen LogP contribution is 2.15. The molecule has 2 aromatic rings. The fourth-order valence-corrected chi connectivity index (χ4v) is 1.79. The second-order valence-electron chi connectivity index (χ2n) is 4.60. The van der Waals surface area contributed by atoms with Crippen LogP contribution in [0.5, 0.6) is 0 Å². The molecule has 4 N–H and O–H groups in total. The molecule has 2 amide bonds. The van der Waals surface area contributed by atoms with E-state index < -0.39 is 0 Å². The number of aromatic nitrogens is 2. The average molecular weight is 273 g/mol. The van der Waals surface area contributed by atoms with Gasteiger partial charge in [-0.05, 0) is 24.6 Å². The Kier molecular flexibility index (Phi) is 4.73. The zero-order valence-corrected chi connectivity index (χ0v) is 11.4. The van der Waals surface area contributed by atoms with Crippen LogP contribution in [0.1, 0.15) is 18.5 Å². The number of amides is 2. The fraction of sp³-hybridized carbons (Fsp3) is 0.286. The van der Waals surface area contributed by atoms with Crippen LogP contribution in [0.3, 0.4) is 0 Å². The van der Waals surface area contributed by atoms with Gasteiger partial charge in [0.25, 0.3) is 0 Å². The van der Waals surface area contributed by atoms with E-state index in [1.165, 1.54) is 0 Å². The van der Waals surface area contributed by atoms with Gasteiger partial charge in [0.1, 0.15) is 0 Å². The topological polar surface area (TPSA) is 85.0 Å². The van der Waals surface area contributed by atoms with Crippen molar-refractivity contribution in [3.63, 3.8) is 0 Å². The summed E-state index contributed by atoms with van der Waals surface area (Å²) in [7, 11) is 0. The molecule has 1 heterocycles. The summed E-state index contributed by atoms with van der Waals surface area (Å²) in [6, 6.07) is 7.24. The molecular formula is C14H19N5O. The first-order valence-electron chi connectivity index (χ1n) is 6.51. The number of nitrogens with zero attached hydrogens (tertiary/aromatic N) is 2. The van der Waals surface area contributed by atoms with E-state index >= 15 is 0 Å². The molecule has 0 radical (unpaired) electrons. The van der Waals surface area contributed by atoms with Gasteiger partial charge >= 0.3 is 6.03 Å². The summed E-state index contributed by atoms with van der Waals surface area (Å²) in [5.74, 6) is 0. The molecule has 0 aliphatic carbocycles. The van der Waals surface area contributed by atoms with Gasteiger partial charge in [0.2, 0.25) is 0 Å². The minimum Gasteiger partial charge on any atom is -0.336 e. The second-order valence-corrected chi connectivity index (χ2v) is 4.60. The Bertz CT molecular complexity index is 550. The lowest BCUT2D eigenvalue weighted by Crippen LogP contribution is -2.31. The van der Waals surface area contributed by atoms with Crippen LogP contribution in [0.2, 0.25) is 0 Å². The molecule has 2 rings (SSSR count). The molecule has 106 valence electrons. The summed E-state index contributed by atoms with van der Waals surface area (Å²) < 4.78 is 1.90. The Labute approximate surface area is 118 Å². The summed E-state index contributed by atoms with van der Waals surface area (Å²) >= 11 is 0. The molecule has 1 aromatic carbocycles. The van der Waals surface area contributed by atoms with Gasteiger partial charge in [-0.25, -0.2) is 9.78 Å². The fourth-order valence-electron chi connectivity index (χ4n) is 1.79. The van der Waals surface area contributed by atoms with Crippen molar-refractivity contribution in [3.05, 3.63) is 48.5 Å². The predicted octanol–water partition coefficient (Wildman–Crippen LogP) is 1.72. The molecule has 0 bridgehead atoms. The maximum absolute atomic E-state index is 11.7. The Hall–Kier alpha value is -2.34. The van der Waals surface area contributed by atoms with Crippen molar-refractivity contribution in [3.8, 4) is 0 Å². The van der Waals surface area contributed by atoms with Gasteiger partial charge in [0.05, 0.1) is 6.33 Å².